The minimum atomic E-state index is -4.55. The van der Waals surface area contributed by atoms with Crippen LogP contribution in [0.4, 0.5) is 22.0 Å². The van der Waals surface area contributed by atoms with E-state index in [1.54, 1.807) is 0 Å². The summed E-state index contributed by atoms with van der Waals surface area (Å²) in [6.45, 7) is -2.86. The number of nitrogens with zero attached hydrogens (tertiary/aromatic N) is 2. The Morgan fingerprint density at radius 1 is 1.12 bits per heavy atom. The van der Waals surface area contributed by atoms with Gasteiger partial charge in [-0.2, -0.15) is 17.5 Å². The van der Waals surface area contributed by atoms with Gasteiger partial charge in [-0.25, -0.2) is 17.2 Å². The zero-order valence-electron chi connectivity index (χ0n) is 13.3. The fraction of sp³-hybridized carbons (Fsp3) is 0.500. The number of hydrogen-bond acceptors (Lipinski definition) is 4. The van der Waals surface area contributed by atoms with Crippen LogP contribution in [0.5, 0.6) is 0 Å². The minimum Gasteiger partial charge on any atom is -0.362 e. The van der Waals surface area contributed by atoms with E-state index in [9.17, 15) is 35.2 Å². The number of sulfonamides is 1. The van der Waals surface area contributed by atoms with Gasteiger partial charge in [-0.1, -0.05) is 0 Å². The Balaban J connectivity index is 1.94. The Kier molecular flexibility index (Phi) is 6.19. The van der Waals surface area contributed by atoms with Crippen LogP contribution in [-0.4, -0.2) is 69.1 Å². The number of alkyl halides is 3. The van der Waals surface area contributed by atoms with Gasteiger partial charge in [-0.05, 0) is 12.1 Å². The van der Waals surface area contributed by atoms with E-state index in [0.717, 1.165) is 21.3 Å². The van der Waals surface area contributed by atoms with Crippen LogP contribution in [0.3, 0.4) is 0 Å². The molecular formula is C14H15F5N2O4S. The summed E-state index contributed by atoms with van der Waals surface area (Å²) in [7, 11) is -4.22. The van der Waals surface area contributed by atoms with Crippen molar-refractivity contribution in [2.75, 3.05) is 39.4 Å². The Bertz CT molecular complexity index is 761. The number of carbonyl (C=O) groups excluding carboxylic acids is 1. The molecule has 1 amide bonds. The Morgan fingerprint density at radius 3 is 2.27 bits per heavy atom. The van der Waals surface area contributed by atoms with Gasteiger partial charge in [-0.3, -0.25) is 4.79 Å². The van der Waals surface area contributed by atoms with Crippen LogP contribution in [0.15, 0.2) is 23.1 Å². The fourth-order valence-corrected chi connectivity index (χ4v) is 3.81. The number of halogens is 5. The number of benzene rings is 1. The van der Waals surface area contributed by atoms with E-state index in [0.29, 0.717) is 6.07 Å². The third-order valence-electron chi connectivity index (χ3n) is 3.59. The molecule has 1 aromatic rings. The summed E-state index contributed by atoms with van der Waals surface area (Å²) in [5, 5.41) is 0. The quantitative estimate of drug-likeness (QED) is 0.698. The molecule has 0 aromatic heterocycles. The molecule has 0 bridgehead atoms. The zero-order valence-corrected chi connectivity index (χ0v) is 14.1. The lowest BCUT2D eigenvalue weighted by molar-refractivity contribution is -0.178. The molecule has 0 radical (unpaired) electrons. The molecule has 12 heteroatoms. The van der Waals surface area contributed by atoms with Gasteiger partial charge in [0.2, 0.25) is 15.9 Å². The highest BCUT2D eigenvalue weighted by atomic mass is 32.2. The van der Waals surface area contributed by atoms with Gasteiger partial charge in [0.25, 0.3) is 0 Å². The molecule has 0 unspecified atom stereocenters. The predicted molar refractivity (Wildman–Crippen MR) is 78.6 cm³/mol. The number of hydrogen-bond donors (Lipinski definition) is 0. The van der Waals surface area contributed by atoms with Crippen LogP contribution < -0.4 is 0 Å². The average Bonchev–Trinajstić information content (AvgIpc) is 2.53. The van der Waals surface area contributed by atoms with Crippen molar-refractivity contribution in [1.29, 1.82) is 0 Å². The molecule has 26 heavy (non-hydrogen) atoms. The van der Waals surface area contributed by atoms with E-state index in [4.69, 9.17) is 0 Å². The van der Waals surface area contributed by atoms with Crippen molar-refractivity contribution in [1.82, 2.24) is 9.21 Å². The largest absolute Gasteiger partial charge is 0.411 e. The zero-order chi connectivity index (χ0) is 19.5. The smallest absolute Gasteiger partial charge is 0.362 e. The maximum absolute atomic E-state index is 13.7. The summed E-state index contributed by atoms with van der Waals surface area (Å²) < 4.78 is 92.5. The second kappa shape index (κ2) is 7.84. The molecule has 0 saturated carbocycles. The van der Waals surface area contributed by atoms with E-state index in [-0.39, 0.29) is 26.2 Å². The number of piperazine rings is 1. The Labute approximate surface area is 146 Å². The van der Waals surface area contributed by atoms with E-state index in [1.807, 2.05) is 0 Å². The highest BCUT2D eigenvalue weighted by Crippen LogP contribution is 2.21. The maximum Gasteiger partial charge on any atom is 0.411 e. The number of carbonyl (C=O) groups is 1. The lowest BCUT2D eigenvalue weighted by atomic mass is 10.3. The lowest BCUT2D eigenvalue weighted by Crippen LogP contribution is -2.51. The predicted octanol–water partition coefficient (Wildman–Crippen LogP) is 1.38. The Morgan fingerprint density at radius 2 is 1.73 bits per heavy atom. The fourth-order valence-electron chi connectivity index (χ4n) is 2.35. The first-order valence-corrected chi connectivity index (χ1v) is 8.82. The molecule has 6 nitrogen and oxygen atoms in total. The number of ether oxygens (including phenoxy) is 1. The third-order valence-corrected chi connectivity index (χ3v) is 5.53. The number of rotatable bonds is 5. The molecule has 0 atom stereocenters. The summed E-state index contributed by atoms with van der Waals surface area (Å²) in [6, 6.07) is 2.07. The van der Waals surface area contributed by atoms with Crippen LogP contribution in [0.1, 0.15) is 0 Å². The van der Waals surface area contributed by atoms with Crippen molar-refractivity contribution in [3.05, 3.63) is 29.8 Å². The second-order valence-electron chi connectivity index (χ2n) is 5.47. The molecular weight excluding hydrogens is 387 g/mol. The molecule has 1 aliphatic rings. The first-order chi connectivity index (χ1) is 12.0. The standard InChI is InChI=1S/C14H15F5N2O4S/c15-10-1-2-12(11(16)7-10)26(23,24)21-5-3-20(4-6-21)13(22)8-25-9-14(17,18)19/h1-2,7H,3-6,8-9H2. The first kappa shape index (κ1) is 20.5. The maximum atomic E-state index is 13.7. The summed E-state index contributed by atoms with van der Waals surface area (Å²) in [4.78, 5) is 12.2. The van der Waals surface area contributed by atoms with Gasteiger partial charge >= 0.3 is 6.18 Å². The normalized spacial score (nSPS) is 16.7. The topological polar surface area (TPSA) is 66.9 Å². The van der Waals surface area contributed by atoms with Gasteiger partial charge in [0.15, 0.2) is 0 Å². The molecule has 1 aliphatic heterocycles. The minimum absolute atomic E-state index is 0.0870. The van der Waals surface area contributed by atoms with Gasteiger partial charge in [-0.15, -0.1) is 0 Å². The van der Waals surface area contributed by atoms with E-state index < -0.39 is 51.9 Å². The van der Waals surface area contributed by atoms with Crippen molar-refractivity contribution in [2.45, 2.75) is 11.1 Å². The molecule has 146 valence electrons. The average molecular weight is 402 g/mol. The van der Waals surface area contributed by atoms with Crippen LogP contribution in [-0.2, 0) is 19.6 Å². The van der Waals surface area contributed by atoms with Crippen molar-refractivity contribution >= 4 is 15.9 Å². The third kappa shape index (κ3) is 5.11. The van der Waals surface area contributed by atoms with E-state index in [1.165, 1.54) is 0 Å². The summed E-state index contributed by atoms with van der Waals surface area (Å²) in [5.74, 6) is -2.86. The first-order valence-electron chi connectivity index (χ1n) is 7.38. The van der Waals surface area contributed by atoms with Crippen molar-refractivity contribution in [3.63, 3.8) is 0 Å². The molecule has 1 aromatic carbocycles. The van der Waals surface area contributed by atoms with Crippen molar-refractivity contribution in [3.8, 4) is 0 Å². The monoisotopic (exact) mass is 402 g/mol. The highest BCUT2D eigenvalue weighted by molar-refractivity contribution is 7.89. The Hall–Kier alpha value is -1.79. The highest BCUT2D eigenvalue weighted by Gasteiger charge is 2.33. The SMILES string of the molecule is O=C(COCC(F)(F)F)N1CCN(S(=O)(=O)c2ccc(F)cc2F)CC1. The summed E-state index contributed by atoms with van der Waals surface area (Å²) in [5.41, 5.74) is 0. The molecule has 1 saturated heterocycles. The molecule has 0 aliphatic carbocycles. The van der Waals surface area contributed by atoms with Crippen LogP contribution in [0.2, 0.25) is 0 Å². The molecule has 2 rings (SSSR count). The van der Waals surface area contributed by atoms with Gasteiger partial charge in [0.1, 0.15) is 29.7 Å². The summed E-state index contributed by atoms with van der Waals surface area (Å²) >= 11 is 0. The molecule has 0 N–H and O–H groups in total. The molecule has 1 heterocycles. The summed E-state index contributed by atoms with van der Waals surface area (Å²) in [6.07, 6.45) is -4.55. The van der Waals surface area contributed by atoms with Crippen molar-refractivity contribution in [2.24, 2.45) is 0 Å². The van der Waals surface area contributed by atoms with Crippen LogP contribution in [0, 0.1) is 11.6 Å². The molecule has 0 spiro atoms. The second-order valence-corrected chi connectivity index (χ2v) is 7.37. The van der Waals surface area contributed by atoms with Gasteiger partial charge < -0.3 is 9.64 Å². The lowest BCUT2D eigenvalue weighted by Gasteiger charge is -2.34. The van der Waals surface area contributed by atoms with E-state index >= 15 is 0 Å². The molecule has 1 fully saturated rings. The van der Waals surface area contributed by atoms with E-state index in [2.05, 4.69) is 4.74 Å². The van der Waals surface area contributed by atoms with Crippen LogP contribution >= 0.6 is 0 Å². The number of amides is 1. The van der Waals surface area contributed by atoms with Gasteiger partial charge in [0.05, 0.1) is 0 Å². The van der Waals surface area contributed by atoms with Gasteiger partial charge in [0, 0.05) is 32.2 Å². The van der Waals surface area contributed by atoms with Crippen molar-refractivity contribution < 1.29 is 39.9 Å². The van der Waals surface area contributed by atoms with Crippen LogP contribution in [0.25, 0.3) is 0 Å².